The Morgan fingerprint density at radius 2 is 2.38 bits per heavy atom. The smallest absolute Gasteiger partial charge is 0.239 e. The Bertz CT molecular complexity index is 281. The highest BCUT2D eigenvalue weighted by molar-refractivity contribution is 5.75. The fraction of sp³-hybridized carbons (Fsp3) is 0.500. The average Bonchev–Trinajstić information content (AvgIpc) is 2.54. The van der Waals surface area contributed by atoms with E-state index >= 15 is 0 Å². The Morgan fingerprint density at radius 1 is 1.62 bits per heavy atom. The van der Waals surface area contributed by atoms with Crippen LogP contribution in [0.4, 0.5) is 0 Å². The zero-order valence-electron chi connectivity index (χ0n) is 7.87. The molecule has 1 heterocycles. The van der Waals surface area contributed by atoms with Crippen molar-refractivity contribution in [1.82, 2.24) is 20.2 Å². The molecule has 0 saturated heterocycles. The lowest BCUT2D eigenvalue weighted by molar-refractivity contribution is -0.121. The number of carbonyl (C=O) groups is 1. The van der Waals surface area contributed by atoms with E-state index in [4.69, 9.17) is 0 Å². The SMILES string of the molecule is CNCc1nccn1CC(=O)NC. The topological polar surface area (TPSA) is 59.0 Å². The Kier molecular flexibility index (Phi) is 3.45. The second-order valence-electron chi connectivity index (χ2n) is 2.67. The van der Waals surface area contributed by atoms with Gasteiger partial charge in [-0.2, -0.15) is 0 Å². The third-order valence-electron chi connectivity index (χ3n) is 1.73. The number of hydrogen-bond donors (Lipinski definition) is 2. The van der Waals surface area contributed by atoms with Gasteiger partial charge >= 0.3 is 0 Å². The van der Waals surface area contributed by atoms with Gasteiger partial charge in [0, 0.05) is 19.4 Å². The van der Waals surface area contributed by atoms with E-state index in [0.717, 1.165) is 5.82 Å². The van der Waals surface area contributed by atoms with E-state index in [1.54, 1.807) is 19.4 Å². The van der Waals surface area contributed by atoms with E-state index < -0.39 is 0 Å². The van der Waals surface area contributed by atoms with Gasteiger partial charge in [0.25, 0.3) is 0 Å². The summed E-state index contributed by atoms with van der Waals surface area (Å²) in [4.78, 5) is 15.2. The lowest BCUT2D eigenvalue weighted by Crippen LogP contribution is -2.25. The molecule has 0 fully saturated rings. The molecule has 2 N–H and O–H groups in total. The van der Waals surface area contributed by atoms with Crippen LogP contribution >= 0.6 is 0 Å². The number of aromatic nitrogens is 2. The molecule has 13 heavy (non-hydrogen) atoms. The molecule has 72 valence electrons. The van der Waals surface area contributed by atoms with Crippen molar-refractivity contribution in [1.29, 1.82) is 0 Å². The maximum Gasteiger partial charge on any atom is 0.239 e. The number of likely N-dealkylation sites (N-methyl/N-ethyl adjacent to an activating group) is 1. The summed E-state index contributed by atoms with van der Waals surface area (Å²) >= 11 is 0. The molecule has 0 radical (unpaired) electrons. The van der Waals surface area contributed by atoms with Gasteiger partial charge < -0.3 is 15.2 Å². The summed E-state index contributed by atoms with van der Waals surface area (Å²) in [6, 6.07) is 0. The van der Waals surface area contributed by atoms with Gasteiger partial charge in [0.2, 0.25) is 5.91 Å². The highest BCUT2D eigenvalue weighted by atomic mass is 16.1. The van der Waals surface area contributed by atoms with Crippen molar-refractivity contribution in [2.24, 2.45) is 0 Å². The number of nitrogens with zero attached hydrogens (tertiary/aromatic N) is 2. The van der Waals surface area contributed by atoms with Gasteiger partial charge in [-0.25, -0.2) is 4.98 Å². The normalized spacial score (nSPS) is 10.0. The minimum absolute atomic E-state index is 0.0182. The molecule has 0 aromatic carbocycles. The molecular formula is C8H14N4O. The molecule has 0 aliphatic rings. The molecule has 0 aliphatic heterocycles. The third kappa shape index (κ3) is 2.55. The number of amides is 1. The molecular weight excluding hydrogens is 168 g/mol. The highest BCUT2D eigenvalue weighted by Gasteiger charge is 2.04. The molecule has 0 bridgehead atoms. The zero-order valence-corrected chi connectivity index (χ0v) is 7.87. The predicted molar refractivity (Wildman–Crippen MR) is 49.1 cm³/mol. The van der Waals surface area contributed by atoms with Gasteiger partial charge in [-0.05, 0) is 7.05 Å². The van der Waals surface area contributed by atoms with Crippen LogP contribution in [0, 0.1) is 0 Å². The fourth-order valence-electron chi connectivity index (χ4n) is 1.04. The Hall–Kier alpha value is -1.36. The van der Waals surface area contributed by atoms with Gasteiger partial charge in [0.15, 0.2) is 0 Å². The first-order valence-corrected chi connectivity index (χ1v) is 4.13. The van der Waals surface area contributed by atoms with E-state index in [0.29, 0.717) is 13.1 Å². The molecule has 0 aliphatic carbocycles. The maximum atomic E-state index is 11.1. The monoisotopic (exact) mass is 182 g/mol. The molecule has 0 spiro atoms. The number of carbonyl (C=O) groups excluding carboxylic acids is 1. The predicted octanol–water partition coefficient (Wildman–Crippen LogP) is -0.651. The first-order chi connectivity index (χ1) is 6.27. The van der Waals surface area contributed by atoms with Crippen molar-refractivity contribution in [3.63, 3.8) is 0 Å². The van der Waals surface area contributed by atoms with Crippen molar-refractivity contribution < 1.29 is 4.79 Å². The van der Waals surface area contributed by atoms with Crippen molar-refractivity contribution in [3.8, 4) is 0 Å². The van der Waals surface area contributed by atoms with E-state index in [1.165, 1.54) is 0 Å². The molecule has 1 aromatic heterocycles. The van der Waals surface area contributed by atoms with Gasteiger partial charge in [-0.3, -0.25) is 4.79 Å². The molecule has 1 aromatic rings. The van der Waals surface area contributed by atoms with Gasteiger partial charge in [0.05, 0.1) is 6.54 Å². The molecule has 0 unspecified atom stereocenters. The van der Waals surface area contributed by atoms with Crippen LogP contribution in [-0.4, -0.2) is 29.6 Å². The molecule has 0 saturated carbocycles. The van der Waals surface area contributed by atoms with Crippen LogP contribution in [0.15, 0.2) is 12.4 Å². The summed E-state index contributed by atoms with van der Waals surface area (Å²) in [6.45, 7) is 0.998. The van der Waals surface area contributed by atoms with Crippen molar-refractivity contribution >= 4 is 5.91 Å². The van der Waals surface area contributed by atoms with Gasteiger partial charge in [-0.15, -0.1) is 0 Å². The Morgan fingerprint density at radius 3 is 3.00 bits per heavy atom. The van der Waals surface area contributed by atoms with E-state index in [1.807, 2.05) is 11.6 Å². The zero-order chi connectivity index (χ0) is 9.68. The average molecular weight is 182 g/mol. The summed E-state index contributed by atoms with van der Waals surface area (Å²) in [7, 11) is 3.47. The molecule has 1 amide bonds. The van der Waals surface area contributed by atoms with E-state index in [2.05, 4.69) is 15.6 Å². The lowest BCUT2D eigenvalue weighted by atomic mass is 10.5. The van der Waals surface area contributed by atoms with Crippen LogP contribution in [0.1, 0.15) is 5.82 Å². The minimum atomic E-state index is -0.0182. The van der Waals surface area contributed by atoms with Crippen LogP contribution in [-0.2, 0) is 17.9 Å². The standard InChI is InChI=1S/C8H14N4O/c1-9-5-7-11-3-4-12(7)6-8(13)10-2/h3-4,9H,5-6H2,1-2H3,(H,10,13). The highest BCUT2D eigenvalue weighted by Crippen LogP contribution is 1.96. The summed E-state index contributed by atoms with van der Waals surface area (Å²) < 4.78 is 1.81. The lowest BCUT2D eigenvalue weighted by Gasteiger charge is -2.05. The summed E-state index contributed by atoms with van der Waals surface area (Å²) in [5, 5.41) is 5.55. The maximum absolute atomic E-state index is 11.1. The van der Waals surface area contributed by atoms with Crippen LogP contribution < -0.4 is 10.6 Å². The Labute approximate surface area is 77.2 Å². The number of nitrogens with one attached hydrogen (secondary N) is 2. The van der Waals surface area contributed by atoms with Gasteiger partial charge in [-0.1, -0.05) is 0 Å². The third-order valence-corrected chi connectivity index (χ3v) is 1.73. The number of rotatable bonds is 4. The second kappa shape index (κ2) is 4.61. The molecule has 0 atom stereocenters. The molecule has 5 heteroatoms. The van der Waals surface area contributed by atoms with Crippen LogP contribution in [0.2, 0.25) is 0 Å². The van der Waals surface area contributed by atoms with E-state index in [-0.39, 0.29) is 5.91 Å². The molecule has 5 nitrogen and oxygen atoms in total. The van der Waals surface area contributed by atoms with E-state index in [9.17, 15) is 4.79 Å². The Balaban J connectivity index is 2.64. The number of hydrogen-bond acceptors (Lipinski definition) is 3. The fourth-order valence-corrected chi connectivity index (χ4v) is 1.04. The quantitative estimate of drug-likeness (QED) is 0.650. The molecule has 1 rings (SSSR count). The van der Waals surface area contributed by atoms with Crippen molar-refractivity contribution in [3.05, 3.63) is 18.2 Å². The largest absolute Gasteiger partial charge is 0.358 e. The van der Waals surface area contributed by atoms with Crippen LogP contribution in [0.25, 0.3) is 0 Å². The van der Waals surface area contributed by atoms with Gasteiger partial charge in [0.1, 0.15) is 12.4 Å². The summed E-state index contributed by atoms with van der Waals surface area (Å²) in [5.41, 5.74) is 0. The first kappa shape index (κ1) is 9.73. The van der Waals surface area contributed by atoms with Crippen molar-refractivity contribution in [2.45, 2.75) is 13.1 Å². The van der Waals surface area contributed by atoms with Crippen LogP contribution in [0.3, 0.4) is 0 Å². The summed E-state index contributed by atoms with van der Waals surface area (Å²) in [5.74, 6) is 0.849. The summed E-state index contributed by atoms with van der Waals surface area (Å²) in [6.07, 6.45) is 3.48. The second-order valence-corrected chi connectivity index (χ2v) is 2.67. The minimum Gasteiger partial charge on any atom is -0.358 e. The first-order valence-electron chi connectivity index (χ1n) is 4.13. The van der Waals surface area contributed by atoms with Crippen LogP contribution in [0.5, 0.6) is 0 Å². The number of imidazole rings is 1. The van der Waals surface area contributed by atoms with Crippen molar-refractivity contribution in [2.75, 3.05) is 14.1 Å².